The van der Waals surface area contributed by atoms with Crippen molar-refractivity contribution in [2.75, 3.05) is 24.2 Å². The fourth-order valence-corrected chi connectivity index (χ4v) is 4.37. The molecule has 2 amide bonds. The van der Waals surface area contributed by atoms with Gasteiger partial charge in [-0.15, -0.1) is 0 Å². The van der Waals surface area contributed by atoms with Gasteiger partial charge in [0.05, 0.1) is 17.5 Å². The van der Waals surface area contributed by atoms with Gasteiger partial charge in [-0.2, -0.15) is 13.2 Å². The van der Waals surface area contributed by atoms with Gasteiger partial charge in [0, 0.05) is 26.6 Å². The third-order valence-corrected chi connectivity index (χ3v) is 6.42. The largest absolute Gasteiger partial charge is 0.416 e. The lowest BCUT2D eigenvalue weighted by atomic mass is 10.1. The van der Waals surface area contributed by atoms with Crippen LogP contribution in [0.1, 0.15) is 30.9 Å². The van der Waals surface area contributed by atoms with E-state index in [0.717, 1.165) is 34.3 Å². The molecule has 0 unspecified atom stereocenters. The molecule has 34 heavy (non-hydrogen) atoms. The Kier molecular flexibility index (Phi) is 9.08. The van der Waals surface area contributed by atoms with Crippen molar-refractivity contribution >= 4 is 27.5 Å². The van der Waals surface area contributed by atoms with Gasteiger partial charge in [0.15, 0.2) is 0 Å². The first-order valence-corrected chi connectivity index (χ1v) is 12.4. The Balaban J connectivity index is 2.17. The summed E-state index contributed by atoms with van der Waals surface area (Å²) in [5.74, 6) is -0.733. The van der Waals surface area contributed by atoms with Crippen LogP contribution in [0, 0.1) is 0 Å². The molecule has 0 aromatic heterocycles. The third kappa shape index (κ3) is 7.47. The lowest BCUT2D eigenvalue weighted by Crippen LogP contribution is -2.46. The number of hydrogen-bond acceptors (Lipinski definition) is 4. The molecule has 0 heterocycles. The molecule has 1 atom stereocenters. The van der Waals surface area contributed by atoms with Crippen molar-refractivity contribution in [3.05, 3.63) is 65.7 Å². The zero-order valence-electron chi connectivity index (χ0n) is 19.2. The number of carbonyl (C=O) groups excluding carboxylic acids is 2. The smallest absolute Gasteiger partial charge is 0.357 e. The lowest BCUT2D eigenvalue weighted by molar-refractivity contribution is -0.140. The van der Waals surface area contributed by atoms with Crippen LogP contribution in [-0.2, 0) is 32.3 Å². The number of hydrogen-bond donors (Lipinski definition) is 1. The predicted molar refractivity (Wildman–Crippen MR) is 123 cm³/mol. The van der Waals surface area contributed by atoms with Crippen LogP contribution in [0.25, 0.3) is 0 Å². The molecule has 0 fully saturated rings. The fraction of sp³-hybridized carbons (Fsp3) is 0.391. The molecule has 11 heteroatoms. The number of halogens is 3. The summed E-state index contributed by atoms with van der Waals surface area (Å²) in [6.45, 7) is 1.57. The molecule has 2 rings (SSSR count). The van der Waals surface area contributed by atoms with Crippen molar-refractivity contribution in [3.63, 3.8) is 0 Å². The van der Waals surface area contributed by atoms with Gasteiger partial charge in [-0.3, -0.25) is 13.9 Å². The van der Waals surface area contributed by atoms with Crippen LogP contribution in [0.5, 0.6) is 0 Å². The maximum absolute atomic E-state index is 13.1. The lowest BCUT2D eigenvalue weighted by Gasteiger charge is -2.29. The van der Waals surface area contributed by atoms with Crippen molar-refractivity contribution in [2.24, 2.45) is 0 Å². The van der Waals surface area contributed by atoms with Crippen LogP contribution in [0.4, 0.5) is 18.9 Å². The number of nitrogens with zero attached hydrogens (tertiary/aromatic N) is 2. The maximum atomic E-state index is 13.1. The van der Waals surface area contributed by atoms with Crippen molar-refractivity contribution in [3.8, 4) is 0 Å². The number of anilines is 1. The minimum atomic E-state index is -4.62. The monoisotopic (exact) mass is 499 g/mol. The summed E-state index contributed by atoms with van der Waals surface area (Å²) in [5, 5.41) is 2.51. The summed E-state index contributed by atoms with van der Waals surface area (Å²) < 4.78 is 64.6. The molecular formula is C23H28F3N3O4S. The summed E-state index contributed by atoms with van der Waals surface area (Å²) in [6, 6.07) is 12.3. The second kappa shape index (κ2) is 11.4. The van der Waals surface area contributed by atoms with E-state index in [2.05, 4.69) is 5.32 Å². The standard InChI is InChI=1S/C23H28F3N3O4S/c1-17(22(31)27-2)28(16-18-9-5-4-6-10-18)21(30)13-8-14-29(34(3,32)33)20-12-7-11-19(15-20)23(24,25)26/h4-7,9-12,15,17H,8,13-14,16H2,1-3H3,(H,27,31)/t17-/m1/s1. The van der Waals surface area contributed by atoms with E-state index in [1.165, 1.54) is 18.0 Å². The summed E-state index contributed by atoms with van der Waals surface area (Å²) >= 11 is 0. The third-order valence-electron chi connectivity index (χ3n) is 5.22. The van der Waals surface area contributed by atoms with E-state index in [4.69, 9.17) is 0 Å². The number of benzene rings is 2. The first-order valence-electron chi connectivity index (χ1n) is 10.5. The van der Waals surface area contributed by atoms with Gasteiger partial charge in [-0.1, -0.05) is 36.4 Å². The Hall–Kier alpha value is -3.08. The normalized spacial score (nSPS) is 12.6. The molecular weight excluding hydrogens is 471 g/mol. The topological polar surface area (TPSA) is 86.8 Å². The molecule has 0 radical (unpaired) electrons. The zero-order valence-corrected chi connectivity index (χ0v) is 20.0. The minimum Gasteiger partial charge on any atom is -0.357 e. The van der Waals surface area contributed by atoms with Crippen LogP contribution in [-0.4, -0.2) is 51.0 Å². The summed E-state index contributed by atoms with van der Waals surface area (Å²) in [7, 11) is -2.44. The molecule has 2 aromatic carbocycles. The average molecular weight is 500 g/mol. The van der Waals surface area contributed by atoms with E-state index < -0.39 is 27.8 Å². The highest BCUT2D eigenvalue weighted by Crippen LogP contribution is 2.32. The summed E-state index contributed by atoms with van der Waals surface area (Å²) in [5.41, 5.74) is -0.291. The van der Waals surface area contributed by atoms with E-state index in [1.54, 1.807) is 6.92 Å². The number of amides is 2. The van der Waals surface area contributed by atoms with Gasteiger partial charge < -0.3 is 10.2 Å². The van der Waals surface area contributed by atoms with E-state index >= 15 is 0 Å². The maximum Gasteiger partial charge on any atom is 0.416 e. The van der Waals surface area contributed by atoms with Crippen molar-refractivity contribution in [1.29, 1.82) is 0 Å². The van der Waals surface area contributed by atoms with Crippen LogP contribution in [0.3, 0.4) is 0 Å². The Morgan fingerprint density at radius 3 is 2.26 bits per heavy atom. The second-order valence-corrected chi connectivity index (χ2v) is 9.69. The number of carbonyl (C=O) groups is 2. The van der Waals surface area contributed by atoms with Gasteiger partial charge in [0.25, 0.3) is 0 Å². The molecule has 0 saturated heterocycles. The van der Waals surface area contributed by atoms with Gasteiger partial charge in [0.2, 0.25) is 21.8 Å². The fourth-order valence-electron chi connectivity index (χ4n) is 3.41. The predicted octanol–water partition coefficient (Wildman–Crippen LogP) is 3.41. The van der Waals surface area contributed by atoms with Gasteiger partial charge in [-0.25, -0.2) is 8.42 Å². The molecule has 0 spiro atoms. The molecule has 0 saturated carbocycles. The molecule has 0 aliphatic carbocycles. The number of likely N-dealkylation sites (N-methyl/N-ethyl adjacent to an activating group) is 1. The van der Waals surface area contributed by atoms with Gasteiger partial charge in [0.1, 0.15) is 6.04 Å². The van der Waals surface area contributed by atoms with Gasteiger partial charge in [-0.05, 0) is 37.1 Å². The van der Waals surface area contributed by atoms with Crippen molar-refractivity contribution < 1.29 is 31.2 Å². The van der Waals surface area contributed by atoms with Crippen molar-refractivity contribution in [1.82, 2.24) is 10.2 Å². The number of sulfonamides is 1. The van der Waals surface area contributed by atoms with Gasteiger partial charge >= 0.3 is 6.18 Å². The van der Waals surface area contributed by atoms with E-state index in [1.807, 2.05) is 30.3 Å². The first-order chi connectivity index (χ1) is 15.8. The van der Waals surface area contributed by atoms with Crippen LogP contribution >= 0.6 is 0 Å². The zero-order chi connectivity index (χ0) is 25.5. The highest BCUT2D eigenvalue weighted by Gasteiger charge is 2.32. The van der Waals surface area contributed by atoms with E-state index in [0.29, 0.717) is 0 Å². The van der Waals surface area contributed by atoms with Crippen LogP contribution in [0.2, 0.25) is 0 Å². The summed E-state index contributed by atoms with van der Waals surface area (Å²) in [4.78, 5) is 26.6. The molecule has 0 aliphatic rings. The highest BCUT2D eigenvalue weighted by molar-refractivity contribution is 7.92. The van der Waals surface area contributed by atoms with Crippen LogP contribution in [0.15, 0.2) is 54.6 Å². The molecule has 0 aliphatic heterocycles. The summed E-state index contributed by atoms with van der Waals surface area (Å²) in [6.07, 6.45) is -3.78. The SMILES string of the molecule is CNC(=O)[C@@H](C)N(Cc1ccccc1)C(=O)CCCN(c1cccc(C(F)(F)F)c1)S(C)(=O)=O. The number of nitrogens with one attached hydrogen (secondary N) is 1. The first kappa shape index (κ1) is 27.2. The van der Waals surface area contributed by atoms with Crippen LogP contribution < -0.4 is 9.62 Å². The average Bonchev–Trinajstić information content (AvgIpc) is 2.78. The molecule has 186 valence electrons. The number of rotatable bonds is 10. The van der Waals surface area contributed by atoms with E-state index in [9.17, 15) is 31.2 Å². The molecule has 2 aromatic rings. The second-order valence-electron chi connectivity index (χ2n) is 7.78. The number of alkyl halides is 3. The Morgan fingerprint density at radius 1 is 1.06 bits per heavy atom. The Bertz CT molecular complexity index is 1090. The Morgan fingerprint density at radius 2 is 1.71 bits per heavy atom. The minimum absolute atomic E-state index is 0.0495. The van der Waals surface area contributed by atoms with Crippen molar-refractivity contribution in [2.45, 2.75) is 38.5 Å². The van der Waals surface area contributed by atoms with E-state index in [-0.39, 0.29) is 43.4 Å². The highest BCUT2D eigenvalue weighted by atomic mass is 32.2. The molecule has 7 nitrogen and oxygen atoms in total. The Labute approximate surface area is 197 Å². The molecule has 1 N–H and O–H groups in total. The quantitative estimate of drug-likeness (QED) is 0.543. The molecule has 0 bridgehead atoms.